The predicted molar refractivity (Wildman–Crippen MR) is 213 cm³/mol. The molecule has 0 unspecified atom stereocenters. The molecule has 0 saturated heterocycles. The van der Waals surface area contributed by atoms with Crippen LogP contribution in [-0.4, -0.2) is 0 Å². The maximum Gasteiger partial charge on any atom is 0.0465 e. The molecule has 1 heteroatoms. The van der Waals surface area contributed by atoms with Gasteiger partial charge in [0, 0.05) is 22.5 Å². The molecule has 0 amide bonds. The topological polar surface area (TPSA) is 3.24 Å². The fraction of sp³-hybridized carbons (Fsp3) is 0.184. The minimum Gasteiger partial charge on any atom is -0.310 e. The smallest absolute Gasteiger partial charge is 0.0465 e. The van der Waals surface area contributed by atoms with E-state index in [4.69, 9.17) is 0 Å². The number of nitrogens with zero attached hydrogens (tertiary/aromatic N) is 1. The second-order valence-corrected chi connectivity index (χ2v) is 14.8. The summed E-state index contributed by atoms with van der Waals surface area (Å²) < 4.78 is 0. The first-order valence-electron chi connectivity index (χ1n) is 18.4. The highest BCUT2D eigenvalue weighted by molar-refractivity contribution is 6.04. The van der Waals surface area contributed by atoms with E-state index in [2.05, 4.69) is 176 Å². The van der Waals surface area contributed by atoms with E-state index in [9.17, 15) is 0 Å². The van der Waals surface area contributed by atoms with Crippen molar-refractivity contribution < 1.29 is 0 Å². The molecule has 0 aliphatic heterocycles. The summed E-state index contributed by atoms with van der Waals surface area (Å²) in [7, 11) is 0. The number of rotatable bonds is 6. The Kier molecular flexibility index (Phi) is 7.65. The highest BCUT2D eigenvalue weighted by Gasteiger charge is 2.38. The maximum atomic E-state index is 2.47. The van der Waals surface area contributed by atoms with Gasteiger partial charge in [0.25, 0.3) is 0 Å². The van der Waals surface area contributed by atoms with Gasteiger partial charge in [-0.05, 0) is 116 Å². The molecule has 1 saturated carbocycles. The molecule has 0 N–H and O–H groups in total. The Bertz CT molecular complexity index is 2310. The summed E-state index contributed by atoms with van der Waals surface area (Å²) in [5, 5.41) is 2.54. The Morgan fingerprint density at radius 2 is 1.14 bits per heavy atom. The first kappa shape index (κ1) is 30.6. The quantitative estimate of drug-likeness (QED) is 0.174. The van der Waals surface area contributed by atoms with Crippen LogP contribution >= 0.6 is 0 Å². The van der Waals surface area contributed by atoms with Crippen LogP contribution in [0, 0.1) is 0 Å². The molecule has 7 aromatic carbocycles. The van der Waals surface area contributed by atoms with Gasteiger partial charge in [-0.1, -0.05) is 154 Å². The highest BCUT2D eigenvalue weighted by Crippen LogP contribution is 2.54. The van der Waals surface area contributed by atoms with Crippen molar-refractivity contribution in [1.82, 2.24) is 0 Å². The van der Waals surface area contributed by atoms with Gasteiger partial charge in [0.05, 0.1) is 0 Å². The Labute approximate surface area is 296 Å². The standard InChI is InChI=1S/C49H43N/c1-49(2)45-24-14-23-42(34-15-6-3-7-16-34)48(45)44-32-30-40(33-46(44)49)50(38-20-10-5-11-21-38)39-28-25-36(26-29-39)43-31-27-35-17-12-13-22-41(35)47(43)37-18-8-4-9-19-37/h4-5,8-14,17-34H,3,6-7,15-16H2,1-2H3. The molecule has 0 spiro atoms. The normalized spacial score (nSPS) is 15.1. The first-order chi connectivity index (χ1) is 24.6. The van der Waals surface area contributed by atoms with E-state index in [0.717, 1.165) is 11.4 Å². The predicted octanol–water partition coefficient (Wildman–Crippen LogP) is 14.0. The molecule has 0 heterocycles. The number of benzene rings is 7. The fourth-order valence-electron chi connectivity index (χ4n) is 8.94. The highest BCUT2D eigenvalue weighted by atomic mass is 15.1. The minimum atomic E-state index is -0.0680. The molecule has 0 atom stereocenters. The summed E-state index contributed by atoms with van der Waals surface area (Å²) in [4.78, 5) is 2.42. The van der Waals surface area contributed by atoms with E-state index >= 15 is 0 Å². The summed E-state index contributed by atoms with van der Waals surface area (Å²) in [6.07, 6.45) is 6.71. The maximum absolute atomic E-state index is 2.47. The van der Waals surface area contributed by atoms with Gasteiger partial charge in [-0.2, -0.15) is 0 Å². The van der Waals surface area contributed by atoms with Gasteiger partial charge in [0.15, 0.2) is 0 Å². The summed E-state index contributed by atoms with van der Waals surface area (Å²) in [5.41, 5.74) is 15.8. The van der Waals surface area contributed by atoms with Crippen LogP contribution in [0.1, 0.15) is 68.6 Å². The monoisotopic (exact) mass is 645 g/mol. The Morgan fingerprint density at radius 3 is 1.92 bits per heavy atom. The van der Waals surface area contributed by atoms with Gasteiger partial charge in [0.1, 0.15) is 0 Å². The van der Waals surface area contributed by atoms with Crippen molar-refractivity contribution in [2.45, 2.75) is 57.3 Å². The zero-order valence-electron chi connectivity index (χ0n) is 29.1. The Balaban J connectivity index is 1.15. The zero-order valence-corrected chi connectivity index (χ0v) is 29.1. The number of para-hydroxylation sites is 1. The molecule has 9 rings (SSSR count). The summed E-state index contributed by atoms with van der Waals surface area (Å²) in [6.45, 7) is 4.84. The number of hydrogen-bond donors (Lipinski definition) is 0. The summed E-state index contributed by atoms with van der Waals surface area (Å²) in [5.74, 6) is 0.671. The summed E-state index contributed by atoms with van der Waals surface area (Å²) >= 11 is 0. The molecule has 0 aromatic heterocycles. The SMILES string of the molecule is CC1(C)c2cc(N(c3ccccc3)c3ccc(-c4ccc5ccccc5c4-c4ccccc4)cc3)ccc2-c2c(C3CCCCC3)cccc21. The van der Waals surface area contributed by atoms with Gasteiger partial charge in [-0.25, -0.2) is 0 Å². The fourth-order valence-corrected chi connectivity index (χ4v) is 8.94. The van der Waals surface area contributed by atoms with Crippen molar-refractivity contribution in [3.05, 3.63) is 174 Å². The molecule has 0 bridgehead atoms. The van der Waals surface area contributed by atoms with E-state index < -0.39 is 0 Å². The van der Waals surface area contributed by atoms with E-state index in [-0.39, 0.29) is 5.41 Å². The second-order valence-electron chi connectivity index (χ2n) is 14.8. The largest absolute Gasteiger partial charge is 0.310 e. The molecule has 1 fully saturated rings. The third-order valence-electron chi connectivity index (χ3n) is 11.5. The molecule has 2 aliphatic rings. The van der Waals surface area contributed by atoms with Crippen LogP contribution in [0.3, 0.4) is 0 Å². The van der Waals surface area contributed by atoms with Crippen molar-refractivity contribution in [2.24, 2.45) is 0 Å². The number of anilines is 3. The second kappa shape index (κ2) is 12.5. The van der Waals surface area contributed by atoms with E-state index in [1.165, 1.54) is 93.1 Å². The lowest BCUT2D eigenvalue weighted by atomic mass is 9.78. The van der Waals surface area contributed by atoms with E-state index in [1.54, 1.807) is 5.56 Å². The molecule has 0 radical (unpaired) electrons. The Hall–Kier alpha value is -5.40. The summed E-state index contributed by atoms with van der Waals surface area (Å²) in [6, 6.07) is 58.4. The molecule has 244 valence electrons. The van der Waals surface area contributed by atoms with Crippen molar-refractivity contribution >= 4 is 27.8 Å². The third-order valence-corrected chi connectivity index (χ3v) is 11.5. The number of fused-ring (bicyclic) bond motifs is 4. The third kappa shape index (κ3) is 5.15. The number of hydrogen-bond acceptors (Lipinski definition) is 1. The molecule has 50 heavy (non-hydrogen) atoms. The van der Waals surface area contributed by atoms with Crippen LogP contribution in [0.2, 0.25) is 0 Å². The van der Waals surface area contributed by atoms with Gasteiger partial charge in [-0.15, -0.1) is 0 Å². The molecule has 1 nitrogen and oxygen atoms in total. The lowest BCUT2D eigenvalue weighted by Crippen LogP contribution is -2.17. The van der Waals surface area contributed by atoms with Crippen LogP contribution in [0.5, 0.6) is 0 Å². The molecular formula is C49H43N. The van der Waals surface area contributed by atoms with Crippen LogP contribution in [-0.2, 0) is 5.41 Å². The van der Waals surface area contributed by atoms with Crippen LogP contribution < -0.4 is 4.90 Å². The van der Waals surface area contributed by atoms with Crippen LogP contribution in [0.15, 0.2) is 158 Å². The lowest BCUT2D eigenvalue weighted by Gasteiger charge is -2.28. The van der Waals surface area contributed by atoms with E-state index in [0.29, 0.717) is 5.92 Å². The van der Waals surface area contributed by atoms with Gasteiger partial charge >= 0.3 is 0 Å². The van der Waals surface area contributed by atoms with Crippen LogP contribution in [0.25, 0.3) is 44.2 Å². The van der Waals surface area contributed by atoms with Gasteiger partial charge in [0.2, 0.25) is 0 Å². The van der Waals surface area contributed by atoms with Gasteiger partial charge in [-0.3, -0.25) is 0 Å². The Morgan fingerprint density at radius 1 is 0.480 bits per heavy atom. The molecular weight excluding hydrogens is 603 g/mol. The van der Waals surface area contributed by atoms with Crippen molar-refractivity contribution in [3.63, 3.8) is 0 Å². The zero-order chi connectivity index (χ0) is 33.7. The van der Waals surface area contributed by atoms with Crippen LogP contribution in [0.4, 0.5) is 17.1 Å². The lowest BCUT2D eigenvalue weighted by molar-refractivity contribution is 0.444. The van der Waals surface area contributed by atoms with E-state index in [1.807, 2.05) is 0 Å². The van der Waals surface area contributed by atoms with Crippen molar-refractivity contribution in [1.29, 1.82) is 0 Å². The van der Waals surface area contributed by atoms with Gasteiger partial charge < -0.3 is 4.90 Å². The average molecular weight is 646 g/mol. The minimum absolute atomic E-state index is 0.0680. The first-order valence-corrected chi connectivity index (χ1v) is 18.4. The molecule has 2 aliphatic carbocycles. The van der Waals surface area contributed by atoms with Crippen molar-refractivity contribution in [3.8, 4) is 33.4 Å². The van der Waals surface area contributed by atoms with Crippen molar-refractivity contribution in [2.75, 3.05) is 4.90 Å². The molecule has 7 aromatic rings. The average Bonchev–Trinajstić information content (AvgIpc) is 3.41.